The van der Waals surface area contributed by atoms with Gasteiger partial charge in [0.1, 0.15) is 0 Å². The Labute approximate surface area is 120 Å². The van der Waals surface area contributed by atoms with Gasteiger partial charge in [0.15, 0.2) is 0 Å². The zero-order valence-corrected chi connectivity index (χ0v) is 11.8. The monoisotopic (exact) mass is 283 g/mol. The van der Waals surface area contributed by atoms with Crippen molar-refractivity contribution < 1.29 is 9.90 Å². The lowest BCUT2D eigenvalue weighted by molar-refractivity contribution is 0.0698. The fourth-order valence-electron chi connectivity index (χ4n) is 2.21. The van der Waals surface area contributed by atoms with Crippen LogP contribution in [0.1, 0.15) is 22.3 Å². The van der Waals surface area contributed by atoms with Gasteiger partial charge in [-0.25, -0.2) is 9.78 Å². The van der Waals surface area contributed by atoms with Crippen molar-refractivity contribution in [2.24, 2.45) is 0 Å². The molecule has 0 aliphatic rings. The normalized spacial score (nSPS) is 10.8. The Balaban J connectivity index is 2.28. The summed E-state index contributed by atoms with van der Waals surface area (Å²) in [5.74, 6) is -0.905. The molecule has 0 amide bonds. The SMILES string of the molecule is CCc1nc2cc(-c3ccccc3)c(C(=O)O)cc2s1. The van der Waals surface area contributed by atoms with Gasteiger partial charge in [-0.15, -0.1) is 11.3 Å². The first kappa shape index (κ1) is 12.8. The van der Waals surface area contributed by atoms with Crippen molar-refractivity contribution in [1.82, 2.24) is 4.98 Å². The van der Waals surface area contributed by atoms with E-state index in [4.69, 9.17) is 0 Å². The van der Waals surface area contributed by atoms with Crippen LogP contribution in [0.15, 0.2) is 42.5 Å². The molecule has 3 nitrogen and oxygen atoms in total. The molecule has 0 radical (unpaired) electrons. The van der Waals surface area contributed by atoms with Crippen LogP contribution in [0.4, 0.5) is 0 Å². The molecule has 0 bridgehead atoms. The number of nitrogens with zero attached hydrogens (tertiary/aromatic N) is 1. The van der Waals surface area contributed by atoms with Crippen LogP contribution in [0, 0.1) is 0 Å². The molecule has 0 aliphatic heterocycles. The van der Waals surface area contributed by atoms with E-state index in [-0.39, 0.29) is 0 Å². The predicted molar refractivity (Wildman–Crippen MR) is 81.4 cm³/mol. The standard InChI is InChI=1S/C16H13NO2S/c1-2-15-17-13-8-11(10-6-4-3-5-7-10)12(16(18)19)9-14(13)20-15/h3-9H,2H2,1H3,(H,18,19). The summed E-state index contributed by atoms with van der Waals surface area (Å²) in [5, 5.41) is 10.5. The van der Waals surface area contributed by atoms with Crippen LogP contribution in [0.2, 0.25) is 0 Å². The van der Waals surface area contributed by atoms with E-state index in [0.29, 0.717) is 5.56 Å². The molecule has 0 fully saturated rings. The lowest BCUT2D eigenvalue weighted by Gasteiger charge is -2.06. The van der Waals surface area contributed by atoms with E-state index in [2.05, 4.69) is 4.98 Å². The highest BCUT2D eigenvalue weighted by Crippen LogP contribution is 2.31. The first-order valence-corrected chi connectivity index (χ1v) is 7.23. The van der Waals surface area contributed by atoms with Gasteiger partial charge in [-0.2, -0.15) is 0 Å². The minimum Gasteiger partial charge on any atom is -0.478 e. The second kappa shape index (κ2) is 5.06. The Kier molecular flexibility index (Phi) is 3.24. The number of fused-ring (bicyclic) bond motifs is 1. The maximum Gasteiger partial charge on any atom is 0.336 e. The Morgan fingerprint density at radius 1 is 1.25 bits per heavy atom. The molecule has 0 saturated carbocycles. The van der Waals surface area contributed by atoms with E-state index < -0.39 is 5.97 Å². The molecular formula is C16H13NO2S. The molecule has 0 saturated heterocycles. The number of rotatable bonds is 3. The Hall–Kier alpha value is -2.20. The van der Waals surface area contributed by atoms with E-state index in [1.54, 1.807) is 17.4 Å². The first-order chi connectivity index (χ1) is 9.69. The summed E-state index contributed by atoms with van der Waals surface area (Å²) in [4.78, 5) is 16.0. The molecule has 2 aromatic carbocycles. The summed E-state index contributed by atoms with van der Waals surface area (Å²) in [7, 11) is 0. The molecule has 1 N–H and O–H groups in total. The Bertz CT molecular complexity index is 778. The first-order valence-electron chi connectivity index (χ1n) is 6.41. The van der Waals surface area contributed by atoms with Crippen molar-refractivity contribution in [3.8, 4) is 11.1 Å². The van der Waals surface area contributed by atoms with E-state index >= 15 is 0 Å². The minimum absolute atomic E-state index is 0.329. The molecular weight excluding hydrogens is 270 g/mol. The highest BCUT2D eigenvalue weighted by Gasteiger charge is 2.15. The molecule has 3 rings (SSSR count). The Morgan fingerprint density at radius 2 is 2.00 bits per heavy atom. The molecule has 100 valence electrons. The number of hydrogen-bond donors (Lipinski definition) is 1. The maximum atomic E-state index is 11.5. The van der Waals surface area contributed by atoms with Crippen LogP contribution < -0.4 is 0 Å². The summed E-state index contributed by atoms with van der Waals surface area (Å²) in [5.41, 5.74) is 2.82. The van der Waals surface area contributed by atoms with Crippen LogP contribution in [0.3, 0.4) is 0 Å². The molecule has 20 heavy (non-hydrogen) atoms. The average molecular weight is 283 g/mol. The topological polar surface area (TPSA) is 50.2 Å². The lowest BCUT2D eigenvalue weighted by Crippen LogP contribution is -1.99. The second-order valence-corrected chi connectivity index (χ2v) is 5.61. The number of aromatic nitrogens is 1. The second-order valence-electron chi connectivity index (χ2n) is 4.50. The number of carboxylic acid groups (broad SMARTS) is 1. The number of hydrogen-bond acceptors (Lipinski definition) is 3. The van der Waals surface area contributed by atoms with Crippen LogP contribution in [0.5, 0.6) is 0 Å². The number of benzene rings is 2. The third-order valence-corrected chi connectivity index (χ3v) is 4.35. The fraction of sp³-hybridized carbons (Fsp3) is 0.125. The summed E-state index contributed by atoms with van der Waals surface area (Å²) >= 11 is 1.56. The third kappa shape index (κ3) is 2.18. The summed E-state index contributed by atoms with van der Waals surface area (Å²) in [6.07, 6.45) is 0.864. The maximum absolute atomic E-state index is 11.5. The molecule has 3 aromatic rings. The van der Waals surface area contributed by atoms with Gasteiger partial charge in [0.2, 0.25) is 0 Å². The van der Waals surface area contributed by atoms with Gasteiger partial charge in [0, 0.05) is 0 Å². The van der Waals surface area contributed by atoms with Gasteiger partial charge >= 0.3 is 5.97 Å². The fourth-order valence-corrected chi connectivity index (χ4v) is 3.13. The van der Waals surface area contributed by atoms with Crippen molar-refractivity contribution in [1.29, 1.82) is 0 Å². The van der Waals surface area contributed by atoms with Crippen molar-refractivity contribution >= 4 is 27.5 Å². The van der Waals surface area contributed by atoms with E-state index in [1.165, 1.54) is 0 Å². The molecule has 1 aromatic heterocycles. The van der Waals surface area contributed by atoms with Gasteiger partial charge in [0.25, 0.3) is 0 Å². The number of carboxylic acids is 1. The summed E-state index contributed by atoms with van der Waals surface area (Å²) < 4.78 is 0.930. The van der Waals surface area contributed by atoms with Gasteiger partial charge < -0.3 is 5.11 Å². The van der Waals surface area contributed by atoms with Gasteiger partial charge in [-0.3, -0.25) is 0 Å². The van der Waals surface area contributed by atoms with Crippen molar-refractivity contribution in [2.75, 3.05) is 0 Å². The van der Waals surface area contributed by atoms with Crippen LogP contribution in [0.25, 0.3) is 21.3 Å². The molecule has 0 spiro atoms. The van der Waals surface area contributed by atoms with Gasteiger partial charge in [0.05, 0.1) is 20.8 Å². The van der Waals surface area contributed by atoms with Gasteiger partial charge in [-0.1, -0.05) is 37.3 Å². The Morgan fingerprint density at radius 3 is 2.65 bits per heavy atom. The predicted octanol–water partition coefficient (Wildman–Crippen LogP) is 4.22. The molecule has 0 aliphatic carbocycles. The van der Waals surface area contributed by atoms with Crippen molar-refractivity contribution in [3.05, 3.63) is 53.0 Å². The number of thiazole rings is 1. The quantitative estimate of drug-likeness (QED) is 0.782. The smallest absolute Gasteiger partial charge is 0.336 e. The zero-order valence-electron chi connectivity index (χ0n) is 11.0. The largest absolute Gasteiger partial charge is 0.478 e. The van der Waals surface area contributed by atoms with Crippen LogP contribution in [-0.4, -0.2) is 16.1 Å². The zero-order chi connectivity index (χ0) is 14.1. The number of carbonyl (C=O) groups is 1. The van der Waals surface area contributed by atoms with Crippen molar-refractivity contribution in [3.63, 3.8) is 0 Å². The molecule has 4 heteroatoms. The summed E-state index contributed by atoms with van der Waals surface area (Å²) in [6.45, 7) is 2.05. The van der Waals surface area contributed by atoms with Crippen molar-refractivity contribution in [2.45, 2.75) is 13.3 Å². The molecule has 1 heterocycles. The molecule has 0 atom stereocenters. The molecule has 0 unspecified atom stereocenters. The van der Waals surface area contributed by atoms with E-state index in [9.17, 15) is 9.90 Å². The van der Waals surface area contributed by atoms with Gasteiger partial charge in [-0.05, 0) is 29.7 Å². The van der Waals surface area contributed by atoms with E-state index in [0.717, 1.165) is 32.8 Å². The highest BCUT2D eigenvalue weighted by atomic mass is 32.1. The lowest BCUT2D eigenvalue weighted by atomic mass is 9.99. The number of aromatic carboxylic acids is 1. The van der Waals surface area contributed by atoms with Crippen LogP contribution in [-0.2, 0) is 6.42 Å². The highest BCUT2D eigenvalue weighted by molar-refractivity contribution is 7.18. The number of aryl methyl sites for hydroxylation is 1. The van der Waals surface area contributed by atoms with E-state index in [1.807, 2.05) is 43.3 Å². The third-order valence-electron chi connectivity index (χ3n) is 3.19. The minimum atomic E-state index is -0.905. The summed E-state index contributed by atoms with van der Waals surface area (Å²) in [6, 6.07) is 13.2. The van der Waals surface area contributed by atoms with Crippen LogP contribution >= 0.6 is 11.3 Å². The average Bonchev–Trinajstić information content (AvgIpc) is 2.88.